The molecule has 392 valence electrons. The quantitative estimate of drug-likeness (QED) is 0.0181. The number of aryl methyl sites for hydroxylation is 1. The SMILES string of the molecule is CC[n+]1c2ccccc2cc2c(OCCCC(=O)NCCNc3ncnc4c3ncn4C3OC(COP(=O)(O)OP(=O)(O)OCC4OC([n+]5cccc(C(N)=O)c5)C(O)C4O)C(O)C3OP(=O)(O)O)cccc21. The minimum absolute atomic E-state index is 0.00557. The molecule has 6 aromatic rings. The van der Waals surface area contributed by atoms with E-state index in [0.717, 1.165) is 51.3 Å². The predicted octanol–water partition coefficient (Wildman–Crippen LogP) is 0.520. The van der Waals surface area contributed by atoms with Gasteiger partial charge < -0.3 is 65.5 Å². The van der Waals surface area contributed by atoms with Crippen LogP contribution in [0.1, 0.15) is 42.6 Å². The van der Waals surface area contributed by atoms with Crippen LogP contribution in [-0.4, -0.2) is 136 Å². The summed E-state index contributed by atoms with van der Waals surface area (Å²) >= 11 is 0. The zero-order valence-corrected chi connectivity index (χ0v) is 41.2. The molecule has 0 bridgehead atoms. The Labute approximate surface area is 413 Å². The van der Waals surface area contributed by atoms with Crippen molar-refractivity contribution in [2.45, 2.75) is 75.4 Å². The molecule has 73 heavy (non-hydrogen) atoms. The summed E-state index contributed by atoms with van der Waals surface area (Å²) in [5, 5.41) is 40.1. The van der Waals surface area contributed by atoms with Crippen LogP contribution in [0.15, 0.2) is 85.7 Å². The summed E-state index contributed by atoms with van der Waals surface area (Å²) < 4.78 is 78.5. The average Bonchev–Trinajstić information content (AvgIpc) is 4.00. The number of nitrogens with zero attached hydrogens (tertiary/aromatic N) is 6. The lowest BCUT2D eigenvalue weighted by molar-refractivity contribution is -0.765. The first-order valence-electron chi connectivity index (χ1n) is 22.4. The second kappa shape index (κ2) is 22.6. The molecule has 11 N–H and O–H groups in total. The Morgan fingerprint density at radius 1 is 0.863 bits per heavy atom. The highest BCUT2D eigenvalue weighted by Gasteiger charge is 2.52. The number of hydrogen-bond donors (Lipinski definition) is 10. The topological polar surface area (TPSA) is 393 Å². The Morgan fingerprint density at radius 3 is 2.32 bits per heavy atom. The van der Waals surface area contributed by atoms with Crippen LogP contribution in [-0.2, 0) is 52.4 Å². The van der Waals surface area contributed by atoms with E-state index in [9.17, 15) is 58.2 Å². The number of rotatable bonds is 23. The van der Waals surface area contributed by atoms with Crippen LogP contribution < -0.4 is 30.2 Å². The van der Waals surface area contributed by atoms with Gasteiger partial charge in [-0.1, -0.05) is 18.2 Å². The number of amides is 2. The van der Waals surface area contributed by atoms with Crippen LogP contribution in [0.5, 0.6) is 5.75 Å². The summed E-state index contributed by atoms with van der Waals surface area (Å²) in [6.07, 6.45) is -7.98. The zero-order valence-electron chi connectivity index (χ0n) is 38.5. The van der Waals surface area contributed by atoms with E-state index in [1.165, 1.54) is 29.1 Å². The summed E-state index contributed by atoms with van der Waals surface area (Å²) in [6.45, 7) is 1.42. The van der Waals surface area contributed by atoms with Gasteiger partial charge in [0.15, 0.2) is 41.7 Å². The van der Waals surface area contributed by atoms with Crippen molar-refractivity contribution >= 4 is 74.1 Å². The number of imidazole rings is 1. The monoisotopic (exact) mass is 1080 g/mol. The molecular weight excluding hydrogens is 1030 g/mol. The standard InChI is InChI=1S/C42H50N9O19P3/c1-2-50-27-10-4-3-8-24(27)18-26-28(50)11-5-12-29(26)64-17-7-13-32(52)44-14-15-45-39-33-40(47-22-46-39)51(23-48-33)42-37(69-71(57,58)59)35(54)31(68-42)21-66-73(62,63)70-72(60,61)65-20-30-34(53)36(55)41(67-30)49-16-6-9-25(19-49)38(43)56/h3-6,8-12,16,18-19,22-23,30-31,34-37,41-42,53-55H,2,7,13-15,17,20-21H2,1H3,(H6-2,43,44,45,46,47,52,56,57,58,59,60,61,62,63)/p+2. The maximum atomic E-state index is 12.9. The number of primary amides is 1. The van der Waals surface area contributed by atoms with E-state index in [4.69, 9.17) is 33.5 Å². The number of hydrogen-bond acceptors (Lipinski definition) is 19. The molecule has 2 aliphatic heterocycles. The van der Waals surface area contributed by atoms with E-state index in [1.807, 2.05) is 30.3 Å². The number of nitrogens with two attached hydrogens (primary N) is 1. The maximum absolute atomic E-state index is 12.9. The molecule has 2 fully saturated rings. The van der Waals surface area contributed by atoms with Crippen LogP contribution in [0.2, 0.25) is 0 Å². The van der Waals surface area contributed by atoms with Crippen LogP contribution in [0.3, 0.4) is 0 Å². The summed E-state index contributed by atoms with van der Waals surface area (Å²) in [7, 11) is -16.5. The zero-order chi connectivity index (χ0) is 52.2. The van der Waals surface area contributed by atoms with Gasteiger partial charge in [0.05, 0.1) is 31.5 Å². The van der Waals surface area contributed by atoms with E-state index in [2.05, 4.69) is 59.6 Å². The van der Waals surface area contributed by atoms with Gasteiger partial charge in [-0.15, -0.1) is 0 Å². The molecule has 10 atom stereocenters. The lowest BCUT2D eigenvalue weighted by Crippen LogP contribution is -2.46. The van der Waals surface area contributed by atoms with Crippen molar-refractivity contribution in [1.82, 2.24) is 24.8 Å². The Hall–Kier alpha value is -5.48. The van der Waals surface area contributed by atoms with Crippen molar-refractivity contribution in [1.29, 1.82) is 0 Å². The second-order valence-corrected chi connectivity index (χ2v) is 20.8. The third kappa shape index (κ3) is 12.7. The van der Waals surface area contributed by atoms with Gasteiger partial charge in [0.25, 0.3) is 12.1 Å². The fourth-order valence-electron chi connectivity index (χ4n) is 8.35. The lowest BCUT2D eigenvalue weighted by Gasteiger charge is -2.22. The summed E-state index contributed by atoms with van der Waals surface area (Å²) in [5.41, 5.74) is 7.61. The molecule has 0 aliphatic carbocycles. The summed E-state index contributed by atoms with van der Waals surface area (Å²) in [5.74, 6) is -0.124. The van der Waals surface area contributed by atoms with Crippen molar-refractivity contribution < 1.29 is 99.4 Å². The van der Waals surface area contributed by atoms with Gasteiger partial charge in [0.2, 0.25) is 16.9 Å². The molecule has 31 heteroatoms. The molecule has 2 amide bonds. The highest BCUT2D eigenvalue weighted by molar-refractivity contribution is 7.61. The Kier molecular flexibility index (Phi) is 16.6. The van der Waals surface area contributed by atoms with Gasteiger partial charge >= 0.3 is 23.5 Å². The molecule has 8 rings (SSSR count). The third-order valence-electron chi connectivity index (χ3n) is 11.7. The number of ether oxygens (including phenoxy) is 3. The molecule has 28 nitrogen and oxygen atoms in total. The third-order valence-corrected chi connectivity index (χ3v) is 14.8. The highest BCUT2D eigenvalue weighted by atomic mass is 31.3. The molecule has 6 heterocycles. The summed E-state index contributed by atoms with van der Waals surface area (Å²) in [4.78, 5) is 77.1. The molecule has 2 aliphatic rings. The normalized spacial score (nSPS) is 23.9. The van der Waals surface area contributed by atoms with Crippen LogP contribution >= 0.6 is 23.5 Å². The van der Waals surface area contributed by atoms with Gasteiger partial charge in [0.1, 0.15) is 54.7 Å². The number of aliphatic hydroxyl groups is 3. The number of aliphatic hydroxyl groups excluding tert-OH is 3. The van der Waals surface area contributed by atoms with Crippen molar-refractivity contribution in [3.05, 3.63) is 91.3 Å². The average molecular weight is 1080 g/mol. The first-order valence-corrected chi connectivity index (χ1v) is 27.0. The minimum Gasteiger partial charge on any atom is -0.493 e. The number of fused-ring (bicyclic) bond motifs is 3. The molecule has 2 aromatic carbocycles. The number of para-hydroxylation sites is 1. The van der Waals surface area contributed by atoms with E-state index < -0.39 is 91.7 Å². The van der Waals surface area contributed by atoms with Crippen molar-refractivity contribution in [2.75, 3.05) is 38.2 Å². The van der Waals surface area contributed by atoms with Gasteiger partial charge in [-0.25, -0.2) is 28.6 Å². The molecule has 0 radical (unpaired) electrons. The Balaban J connectivity index is 0.824. The van der Waals surface area contributed by atoms with Gasteiger partial charge in [-0.3, -0.25) is 27.7 Å². The van der Waals surface area contributed by atoms with Gasteiger partial charge in [-0.2, -0.15) is 13.4 Å². The molecule has 0 spiro atoms. The van der Waals surface area contributed by atoms with E-state index in [1.54, 1.807) is 0 Å². The fraction of sp³-hybridized carbons (Fsp3) is 0.405. The number of carbonyl (C=O) groups excluding carboxylic acids is 2. The molecule has 0 saturated carbocycles. The first-order chi connectivity index (χ1) is 34.7. The smallest absolute Gasteiger partial charge is 0.481 e. The van der Waals surface area contributed by atoms with E-state index in [0.29, 0.717) is 13.0 Å². The van der Waals surface area contributed by atoms with Gasteiger partial charge in [-0.05, 0) is 37.6 Å². The number of pyridine rings is 2. The van der Waals surface area contributed by atoms with Crippen LogP contribution in [0.25, 0.3) is 33.0 Å². The molecular formula is C42H52N9O19P3+2. The number of aromatic nitrogens is 6. The number of carbonyl (C=O) groups is 2. The van der Waals surface area contributed by atoms with Crippen molar-refractivity contribution in [3.63, 3.8) is 0 Å². The largest absolute Gasteiger partial charge is 0.493 e. The van der Waals surface area contributed by atoms with Crippen LogP contribution in [0.4, 0.5) is 5.82 Å². The Morgan fingerprint density at radius 2 is 1.59 bits per heavy atom. The molecule has 10 unspecified atom stereocenters. The van der Waals surface area contributed by atoms with Crippen LogP contribution in [0, 0.1) is 0 Å². The second-order valence-electron chi connectivity index (χ2n) is 16.6. The predicted molar refractivity (Wildman–Crippen MR) is 249 cm³/mol. The lowest BCUT2D eigenvalue weighted by atomic mass is 10.1. The number of phosphoric ester groups is 3. The Bertz CT molecular complexity index is 3130. The number of nitrogens with one attached hydrogen (secondary N) is 2. The number of anilines is 1. The van der Waals surface area contributed by atoms with Gasteiger partial charge in [0, 0.05) is 43.1 Å². The van der Waals surface area contributed by atoms with E-state index >= 15 is 0 Å². The minimum atomic E-state index is -5.60. The van der Waals surface area contributed by atoms with E-state index in [-0.39, 0.29) is 48.0 Å². The fourth-order valence-corrected chi connectivity index (χ4v) is 11.0. The summed E-state index contributed by atoms with van der Waals surface area (Å²) in [6, 6.07) is 18.9. The number of benzene rings is 2. The highest BCUT2D eigenvalue weighted by Crippen LogP contribution is 2.61. The molecule has 2 saturated heterocycles. The van der Waals surface area contributed by atoms with Crippen molar-refractivity contribution in [3.8, 4) is 5.75 Å². The maximum Gasteiger partial charge on any atom is 0.481 e. The van der Waals surface area contributed by atoms with Crippen molar-refractivity contribution in [2.24, 2.45) is 5.73 Å². The number of phosphoric acid groups is 3. The first kappa shape index (κ1) is 53.8. The molecule has 4 aromatic heterocycles.